The van der Waals surface area contributed by atoms with E-state index in [1.807, 2.05) is 6.07 Å². The SMILES string of the molecule is N#Cc1ccc(CNCCOC2CCCCC2)c(Cl)c1. The zero-order valence-electron chi connectivity index (χ0n) is 11.7. The van der Waals surface area contributed by atoms with Gasteiger partial charge in [-0.3, -0.25) is 0 Å². The third kappa shape index (κ3) is 4.79. The summed E-state index contributed by atoms with van der Waals surface area (Å²) in [5.41, 5.74) is 1.61. The van der Waals surface area contributed by atoms with Crippen molar-refractivity contribution in [3.8, 4) is 6.07 Å². The van der Waals surface area contributed by atoms with Gasteiger partial charge in [-0.1, -0.05) is 36.9 Å². The Hall–Kier alpha value is -1.08. The van der Waals surface area contributed by atoms with E-state index in [4.69, 9.17) is 21.6 Å². The molecule has 1 aromatic carbocycles. The number of benzene rings is 1. The molecule has 0 bridgehead atoms. The zero-order valence-corrected chi connectivity index (χ0v) is 12.5. The molecule has 0 aromatic heterocycles. The number of rotatable bonds is 6. The number of ether oxygens (including phenoxy) is 1. The maximum atomic E-state index is 8.78. The van der Waals surface area contributed by atoms with Gasteiger partial charge in [0.25, 0.3) is 0 Å². The second kappa shape index (κ2) is 8.26. The van der Waals surface area contributed by atoms with E-state index in [1.54, 1.807) is 12.1 Å². The smallest absolute Gasteiger partial charge is 0.0992 e. The van der Waals surface area contributed by atoms with Crippen LogP contribution in [0, 0.1) is 11.3 Å². The number of nitriles is 1. The molecule has 4 heteroatoms. The van der Waals surface area contributed by atoms with Crippen molar-refractivity contribution in [1.29, 1.82) is 5.26 Å². The molecule has 3 nitrogen and oxygen atoms in total. The molecule has 1 fully saturated rings. The second-order valence-electron chi connectivity index (χ2n) is 5.23. The Morgan fingerprint density at radius 1 is 1.30 bits per heavy atom. The molecule has 0 radical (unpaired) electrons. The molecular weight excluding hydrogens is 272 g/mol. The highest BCUT2D eigenvalue weighted by Gasteiger charge is 2.12. The van der Waals surface area contributed by atoms with Crippen molar-refractivity contribution in [2.75, 3.05) is 13.2 Å². The molecule has 2 rings (SSSR count). The quantitative estimate of drug-likeness (QED) is 0.814. The maximum absolute atomic E-state index is 8.78. The van der Waals surface area contributed by atoms with Crippen molar-refractivity contribution in [2.45, 2.75) is 44.8 Å². The van der Waals surface area contributed by atoms with E-state index in [-0.39, 0.29) is 0 Å². The first-order valence-electron chi connectivity index (χ1n) is 7.30. The highest BCUT2D eigenvalue weighted by atomic mass is 35.5. The van der Waals surface area contributed by atoms with Crippen LogP contribution in [-0.2, 0) is 11.3 Å². The number of nitrogens with one attached hydrogen (secondary N) is 1. The minimum atomic E-state index is 0.462. The molecule has 108 valence electrons. The third-order valence-electron chi connectivity index (χ3n) is 3.68. The van der Waals surface area contributed by atoms with Crippen LogP contribution in [0.15, 0.2) is 18.2 Å². The second-order valence-corrected chi connectivity index (χ2v) is 5.63. The standard InChI is InChI=1S/C16H21ClN2O/c17-16-10-13(11-18)6-7-14(16)12-19-8-9-20-15-4-2-1-3-5-15/h6-7,10,15,19H,1-5,8-9,12H2. The molecule has 0 amide bonds. The normalized spacial score (nSPS) is 16.0. The zero-order chi connectivity index (χ0) is 14.2. The molecule has 0 aliphatic heterocycles. The van der Waals surface area contributed by atoms with Crippen LogP contribution in [0.5, 0.6) is 0 Å². The van der Waals surface area contributed by atoms with Crippen molar-refractivity contribution in [3.05, 3.63) is 34.3 Å². The molecule has 1 saturated carbocycles. The van der Waals surface area contributed by atoms with E-state index in [0.717, 1.165) is 18.7 Å². The summed E-state index contributed by atoms with van der Waals surface area (Å²) in [7, 11) is 0. The summed E-state index contributed by atoms with van der Waals surface area (Å²) in [5, 5.41) is 12.8. The topological polar surface area (TPSA) is 45.0 Å². The first-order chi connectivity index (χ1) is 9.79. The van der Waals surface area contributed by atoms with Gasteiger partial charge in [-0.05, 0) is 30.5 Å². The molecule has 0 spiro atoms. The van der Waals surface area contributed by atoms with E-state index < -0.39 is 0 Å². The lowest BCUT2D eigenvalue weighted by Crippen LogP contribution is -2.24. The van der Waals surface area contributed by atoms with Crippen LogP contribution in [-0.4, -0.2) is 19.3 Å². The lowest BCUT2D eigenvalue weighted by Gasteiger charge is -2.22. The fraction of sp³-hybridized carbons (Fsp3) is 0.562. The predicted octanol–water partition coefficient (Wildman–Crippen LogP) is 3.65. The summed E-state index contributed by atoms with van der Waals surface area (Å²) in [6.07, 6.45) is 6.85. The van der Waals surface area contributed by atoms with Crippen molar-refractivity contribution in [1.82, 2.24) is 5.32 Å². The minimum absolute atomic E-state index is 0.462. The number of nitrogens with zero attached hydrogens (tertiary/aromatic N) is 1. The van der Waals surface area contributed by atoms with Gasteiger partial charge < -0.3 is 10.1 Å². The van der Waals surface area contributed by atoms with Gasteiger partial charge in [0.2, 0.25) is 0 Å². The minimum Gasteiger partial charge on any atom is -0.377 e. The van der Waals surface area contributed by atoms with Gasteiger partial charge in [0.1, 0.15) is 0 Å². The van der Waals surface area contributed by atoms with Gasteiger partial charge in [0, 0.05) is 18.1 Å². The lowest BCUT2D eigenvalue weighted by atomic mass is 9.98. The summed E-state index contributed by atoms with van der Waals surface area (Å²) in [6, 6.07) is 7.48. The molecule has 0 heterocycles. The van der Waals surface area contributed by atoms with Crippen LogP contribution in [0.3, 0.4) is 0 Å². The van der Waals surface area contributed by atoms with Crippen molar-refractivity contribution in [3.63, 3.8) is 0 Å². The molecule has 1 aliphatic rings. The van der Waals surface area contributed by atoms with E-state index in [1.165, 1.54) is 32.1 Å². The van der Waals surface area contributed by atoms with E-state index >= 15 is 0 Å². The first kappa shape index (κ1) is 15.3. The Kier molecular flexibility index (Phi) is 6.32. The lowest BCUT2D eigenvalue weighted by molar-refractivity contribution is 0.0302. The molecule has 0 atom stereocenters. The Morgan fingerprint density at radius 2 is 2.10 bits per heavy atom. The molecule has 1 N–H and O–H groups in total. The average Bonchev–Trinajstić information content (AvgIpc) is 2.49. The highest BCUT2D eigenvalue weighted by molar-refractivity contribution is 6.31. The fourth-order valence-corrected chi connectivity index (χ4v) is 2.76. The van der Waals surface area contributed by atoms with Gasteiger partial charge in [-0.2, -0.15) is 5.26 Å². The summed E-state index contributed by atoms with van der Waals surface area (Å²) in [4.78, 5) is 0. The highest BCUT2D eigenvalue weighted by Crippen LogP contribution is 2.20. The Labute approximate surface area is 125 Å². The summed E-state index contributed by atoms with van der Waals surface area (Å²) < 4.78 is 5.85. The van der Waals surface area contributed by atoms with Crippen LogP contribution in [0.4, 0.5) is 0 Å². The van der Waals surface area contributed by atoms with Gasteiger partial charge in [-0.25, -0.2) is 0 Å². The van der Waals surface area contributed by atoms with Gasteiger partial charge in [0.15, 0.2) is 0 Å². The number of hydrogen-bond donors (Lipinski definition) is 1. The van der Waals surface area contributed by atoms with Crippen molar-refractivity contribution >= 4 is 11.6 Å². The summed E-state index contributed by atoms with van der Waals surface area (Å²) >= 11 is 6.12. The van der Waals surface area contributed by atoms with Gasteiger partial charge in [-0.15, -0.1) is 0 Å². The molecule has 1 aromatic rings. The van der Waals surface area contributed by atoms with E-state index in [9.17, 15) is 0 Å². The van der Waals surface area contributed by atoms with Crippen LogP contribution in [0.25, 0.3) is 0 Å². The van der Waals surface area contributed by atoms with E-state index in [2.05, 4.69) is 11.4 Å². The summed E-state index contributed by atoms with van der Waals surface area (Å²) in [6.45, 7) is 2.28. The predicted molar refractivity (Wildman–Crippen MR) is 80.7 cm³/mol. The molecular formula is C16H21ClN2O. The van der Waals surface area contributed by atoms with Crippen molar-refractivity contribution < 1.29 is 4.74 Å². The molecule has 0 unspecified atom stereocenters. The largest absolute Gasteiger partial charge is 0.377 e. The van der Waals surface area contributed by atoms with Crippen LogP contribution >= 0.6 is 11.6 Å². The van der Waals surface area contributed by atoms with Crippen LogP contribution in [0.2, 0.25) is 5.02 Å². The van der Waals surface area contributed by atoms with Gasteiger partial charge in [0.05, 0.1) is 24.3 Å². The Bertz CT molecular complexity index is 464. The molecule has 20 heavy (non-hydrogen) atoms. The Balaban J connectivity index is 1.64. The number of halogens is 1. The maximum Gasteiger partial charge on any atom is 0.0992 e. The molecule has 1 aliphatic carbocycles. The number of hydrogen-bond acceptors (Lipinski definition) is 3. The van der Waals surface area contributed by atoms with Gasteiger partial charge >= 0.3 is 0 Å². The van der Waals surface area contributed by atoms with Crippen molar-refractivity contribution in [2.24, 2.45) is 0 Å². The fourth-order valence-electron chi connectivity index (χ4n) is 2.51. The third-order valence-corrected chi connectivity index (χ3v) is 4.03. The molecule has 0 saturated heterocycles. The monoisotopic (exact) mass is 292 g/mol. The first-order valence-corrected chi connectivity index (χ1v) is 7.68. The average molecular weight is 293 g/mol. The Morgan fingerprint density at radius 3 is 2.80 bits per heavy atom. The van der Waals surface area contributed by atoms with Crippen LogP contribution in [0.1, 0.15) is 43.2 Å². The van der Waals surface area contributed by atoms with Crippen LogP contribution < -0.4 is 5.32 Å². The summed E-state index contributed by atoms with van der Waals surface area (Å²) in [5.74, 6) is 0. The van der Waals surface area contributed by atoms with E-state index in [0.29, 0.717) is 23.2 Å².